The van der Waals surface area contributed by atoms with Crippen molar-refractivity contribution in [2.45, 2.75) is 169 Å². The number of ether oxygens (including phenoxy) is 3. The molecule has 1 aromatic heterocycles. The van der Waals surface area contributed by atoms with Crippen LogP contribution in [-0.4, -0.2) is 40.7 Å². The Morgan fingerprint density at radius 2 is 1.42 bits per heavy atom. The number of halogens is 2. The van der Waals surface area contributed by atoms with Crippen LogP contribution in [0.4, 0.5) is 10.5 Å². The van der Waals surface area contributed by atoms with Gasteiger partial charge in [0.2, 0.25) is 6.10 Å². The predicted octanol–water partition coefficient (Wildman–Crippen LogP) is 12.3. The number of esters is 1. The van der Waals surface area contributed by atoms with Crippen LogP contribution in [0.2, 0.25) is 10.0 Å². The van der Waals surface area contributed by atoms with Crippen molar-refractivity contribution in [1.29, 1.82) is 0 Å². The Bertz CT molecular complexity index is 2010. The number of rotatable bonds is 23. The third-order valence-corrected chi connectivity index (χ3v) is 12.6. The molecule has 59 heavy (non-hydrogen) atoms. The largest absolute Gasteiger partial charge is 0.493 e. The molecule has 2 amide bonds. The fraction of sp³-hybridized carbons (Fsp3) is 0.596. The second-order valence-corrected chi connectivity index (χ2v) is 17.9. The Morgan fingerprint density at radius 1 is 0.797 bits per heavy atom. The quantitative estimate of drug-likeness (QED) is 0.0684. The molecule has 1 aliphatic rings. The van der Waals surface area contributed by atoms with Crippen LogP contribution in [0.25, 0.3) is 0 Å². The van der Waals surface area contributed by atoms with E-state index >= 15 is 0 Å². The average Bonchev–Trinajstić information content (AvgIpc) is 3.50. The number of carbonyl (C=O) groups excluding carboxylic acids is 3. The van der Waals surface area contributed by atoms with Gasteiger partial charge in [0.1, 0.15) is 5.75 Å². The van der Waals surface area contributed by atoms with Crippen LogP contribution in [0.5, 0.6) is 5.75 Å². The van der Waals surface area contributed by atoms with Crippen LogP contribution in [0.15, 0.2) is 35.1 Å². The number of cyclic esters (lactones) is 1. The van der Waals surface area contributed by atoms with E-state index in [0.29, 0.717) is 24.1 Å². The van der Waals surface area contributed by atoms with Crippen molar-refractivity contribution in [2.24, 2.45) is 0 Å². The summed E-state index contributed by atoms with van der Waals surface area (Å²) in [5, 5.41) is -0.0342. The van der Waals surface area contributed by atoms with Gasteiger partial charge < -0.3 is 14.2 Å². The van der Waals surface area contributed by atoms with E-state index in [0.717, 1.165) is 48.3 Å². The topological polar surface area (TPSA) is 117 Å². The maximum atomic E-state index is 14.1. The van der Waals surface area contributed by atoms with Crippen LogP contribution in [0.1, 0.15) is 177 Å². The third-order valence-electron chi connectivity index (χ3n) is 12.0. The molecular weight excluding hydrogens is 789 g/mol. The molecule has 12 heteroatoms. The number of hydrogen-bond donors (Lipinski definition) is 0. The van der Waals surface area contributed by atoms with Crippen LogP contribution >= 0.6 is 23.2 Å². The minimum atomic E-state index is -1.54. The first-order valence-corrected chi connectivity index (χ1v) is 22.3. The van der Waals surface area contributed by atoms with Gasteiger partial charge >= 0.3 is 12.1 Å². The lowest BCUT2D eigenvalue weighted by Crippen LogP contribution is -2.34. The highest BCUT2D eigenvalue weighted by Gasteiger charge is 2.46. The fourth-order valence-electron chi connectivity index (χ4n) is 7.09. The van der Waals surface area contributed by atoms with E-state index in [9.17, 15) is 19.2 Å². The van der Waals surface area contributed by atoms with Gasteiger partial charge in [-0.3, -0.25) is 14.2 Å². The first kappa shape index (κ1) is 47.8. The molecular formula is C47H65Cl2N3O7. The Kier molecular flexibility index (Phi) is 17.5. The number of nitrogens with zero attached hydrogens (tertiary/aromatic N) is 3. The van der Waals surface area contributed by atoms with E-state index in [1.54, 1.807) is 13.8 Å². The summed E-state index contributed by atoms with van der Waals surface area (Å²) in [6, 6.07) is 8.95. The molecule has 0 radical (unpaired) electrons. The Balaban J connectivity index is 1.47. The maximum Gasteiger partial charge on any atom is 0.422 e. The van der Waals surface area contributed by atoms with Gasteiger partial charge in [0.05, 0.1) is 34.5 Å². The number of anilines is 1. The highest BCUT2D eigenvalue weighted by Crippen LogP contribution is 2.40. The molecule has 0 bridgehead atoms. The molecule has 0 N–H and O–H groups in total. The summed E-state index contributed by atoms with van der Waals surface area (Å²) in [6.07, 6.45) is 11.2. The van der Waals surface area contributed by atoms with E-state index in [4.69, 9.17) is 37.4 Å². The summed E-state index contributed by atoms with van der Waals surface area (Å²) < 4.78 is 18.9. The zero-order valence-electron chi connectivity index (χ0n) is 36.7. The number of imide groups is 1. The van der Waals surface area contributed by atoms with Crippen molar-refractivity contribution in [2.75, 3.05) is 18.1 Å². The van der Waals surface area contributed by atoms with Gasteiger partial charge in [-0.05, 0) is 74.1 Å². The van der Waals surface area contributed by atoms with E-state index in [1.165, 1.54) is 60.8 Å². The van der Waals surface area contributed by atoms with Crippen molar-refractivity contribution in [3.8, 4) is 5.75 Å². The number of unbranched alkanes of at least 4 members (excludes halogenated alkanes) is 9. The molecule has 2 heterocycles. The van der Waals surface area contributed by atoms with Crippen molar-refractivity contribution in [3.05, 3.63) is 84.5 Å². The zero-order chi connectivity index (χ0) is 43.5. The van der Waals surface area contributed by atoms with E-state index in [-0.39, 0.29) is 63.3 Å². The standard InChI is InChI=1S/C47H65Cl2N3O7/c1-10-13-14-15-16-17-18-19-20-21-26-58-44(55)34-29-38(37(49)30-36(34)48)52-43(54)40(59-45(52)56)41-50-32(5)31(4)42(53)51(41)25-22-27-57-39-24-23-33(46(6,7)11-2)28-35(39)47(8,9)12-3/h23-24,28-30,40H,10-22,25-27H2,1-9H3. The molecule has 1 atom stereocenters. The number of benzene rings is 2. The molecule has 1 fully saturated rings. The lowest BCUT2D eigenvalue weighted by molar-refractivity contribution is -0.122. The summed E-state index contributed by atoms with van der Waals surface area (Å²) in [4.78, 5) is 59.7. The molecule has 10 nitrogen and oxygen atoms in total. The first-order valence-electron chi connectivity index (χ1n) is 21.5. The molecule has 1 saturated heterocycles. The molecule has 1 unspecified atom stereocenters. The number of carbonyl (C=O) groups is 3. The lowest BCUT2D eigenvalue weighted by atomic mass is 9.76. The van der Waals surface area contributed by atoms with E-state index in [2.05, 4.69) is 65.6 Å². The van der Waals surface area contributed by atoms with E-state index < -0.39 is 24.1 Å². The minimum Gasteiger partial charge on any atom is -0.493 e. The van der Waals surface area contributed by atoms with Gasteiger partial charge in [-0.25, -0.2) is 19.5 Å². The van der Waals surface area contributed by atoms with Crippen molar-refractivity contribution in [3.63, 3.8) is 0 Å². The van der Waals surface area contributed by atoms with Crippen LogP contribution in [-0.2, 0) is 31.6 Å². The number of aromatic nitrogens is 2. The van der Waals surface area contributed by atoms with Crippen LogP contribution in [0.3, 0.4) is 0 Å². The number of hydrogen-bond acceptors (Lipinski definition) is 8. The lowest BCUT2D eigenvalue weighted by Gasteiger charge is -2.30. The molecule has 0 spiro atoms. The normalized spacial score (nSPS) is 14.6. The Labute approximate surface area is 361 Å². The molecule has 0 saturated carbocycles. The predicted molar refractivity (Wildman–Crippen MR) is 236 cm³/mol. The van der Waals surface area contributed by atoms with E-state index in [1.807, 2.05) is 6.07 Å². The van der Waals surface area contributed by atoms with Gasteiger partial charge in [0.15, 0.2) is 5.82 Å². The van der Waals surface area contributed by atoms with Gasteiger partial charge in [-0.1, -0.05) is 142 Å². The summed E-state index contributed by atoms with van der Waals surface area (Å²) in [5.74, 6) is -0.737. The van der Waals surface area contributed by atoms with Crippen molar-refractivity contribution in [1.82, 2.24) is 9.55 Å². The molecule has 1 aliphatic heterocycles. The van der Waals surface area contributed by atoms with Gasteiger partial charge in [0.25, 0.3) is 11.5 Å². The molecule has 324 valence electrons. The maximum absolute atomic E-state index is 14.1. The first-order chi connectivity index (χ1) is 28.0. The molecule has 0 aliphatic carbocycles. The Hall–Kier alpha value is -3.89. The Morgan fingerprint density at radius 3 is 2.05 bits per heavy atom. The zero-order valence-corrected chi connectivity index (χ0v) is 38.2. The second-order valence-electron chi connectivity index (χ2n) is 17.1. The second kappa shape index (κ2) is 21.6. The van der Waals surface area contributed by atoms with Gasteiger partial charge in [-0.15, -0.1) is 0 Å². The monoisotopic (exact) mass is 853 g/mol. The van der Waals surface area contributed by atoms with Crippen molar-refractivity contribution >= 4 is 46.9 Å². The smallest absolute Gasteiger partial charge is 0.422 e. The summed E-state index contributed by atoms with van der Waals surface area (Å²) >= 11 is 13.0. The summed E-state index contributed by atoms with van der Waals surface area (Å²) in [5.41, 5.74) is 2.58. The highest BCUT2D eigenvalue weighted by atomic mass is 35.5. The molecule has 3 aromatic rings. The van der Waals surface area contributed by atoms with Crippen LogP contribution < -0.4 is 15.2 Å². The van der Waals surface area contributed by atoms with Crippen molar-refractivity contribution < 1.29 is 28.6 Å². The summed E-state index contributed by atoms with van der Waals surface area (Å²) in [7, 11) is 0. The van der Waals surface area contributed by atoms with Crippen LogP contribution in [0, 0.1) is 13.8 Å². The highest BCUT2D eigenvalue weighted by molar-refractivity contribution is 6.39. The molecule has 2 aromatic carbocycles. The van der Waals surface area contributed by atoms with Gasteiger partial charge in [-0.2, -0.15) is 0 Å². The fourth-order valence-corrected chi connectivity index (χ4v) is 7.63. The number of aryl methyl sites for hydroxylation is 1. The third kappa shape index (κ3) is 11.9. The average molecular weight is 855 g/mol. The van der Waals surface area contributed by atoms with Gasteiger partial charge in [0, 0.05) is 23.4 Å². The minimum absolute atomic E-state index is 0.0145. The summed E-state index contributed by atoms with van der Waals surface area (Å²) in [6.45, 7) is 19.4. The SMILES string of the molecule is CCCCCCCCCCCCOC(=O)c1cc(N2C(=O)OC(c3nc(C)c(C)c(=O)n3CCCOc3ccc(C(C)(C)CC)cc3C(C)(C)CC)C2=O)c(Cl)cc1Cl. The number of amides is 2. The molecule has 4 rings (SSSR count).